The first kappa shape index (κ1) is 14.8. The average molecular weight is 329 g/mol. The van der Waals surface area contributed by atoms with Crippen molar-refractivity contribution in [3.8, 4) is 0 Å². The van der Waals surface area contributed by atoms with Crippen LogP contribution in [0, 0.1) is 18.7 Å². The number of anilines is 1. The van der Waals surface area contributed by atoms with E-state index < -0.39 is 0 Å². The van der Waals surface area contributed by atoms with Crippen LogP contribution in [0.25, 0.3) is 0 Å². The van der Waals surface area contributed by atoms with Gasteiger partial charge in [-0.15, -0.1) is 0 Å². The summed E-state index contributed by atoms with van der Waals surface area (Å²) in [4.78, 5) is 2.37. The van der Waals surface area contributed by atoms with Crippen LogP contribution < -0.4 is 10.2 Å². The van der Waals surface area contributed by atoms with Crippen LogP contribution in [0.5, 0.6) is 0 Å². The van der Waals surface area contributed by atoms with E-state index in [1.807, 2.05) is 13.0 Å². The lowest BCUT2D eigenvalue weighted by Crippen LogP contribution is -2.27. The summed E-state index contributed by atoms with van der Waals surface area (Å²) in [5, 5.41) is 3.49. The highest BCUT2D eigenvalue weighted by Gasteiger charge is 2.23. The van der Waals surface area contributed by atoms with E-state index in [0.717, 1.165) is 37.4 Å². The van der Waals surface area contributed by atoms with Crippen molar-refractivity contribution in [2.24, 2.45) is 5.92 Å². The van der Waals surface area contributed by atoms with Gasteiger partial charge in [0.15, 0.2) is 0 Å². The zero-order chi connectivity index (χ0) is 13.8. The largest absolute Gasteiger partial charge is 0.371 e. The molecule has 1 unspecified atom stereocenters. The van der Waals surface area contributed by atoms with E-state index in [4.69, 9.17) is 0 Å². The molecule has 0 bridgehead atoms. The third-order valence-electron chi connectivity index (χ3n) is 3.73. The molecule has 1 aromatic rings. The molecule has 1 aromatic carbocycles. The topological polar surface area (TPSA) is 15.3 Å². The van der Waals surface area contributed by atoms with Gasteiger partial charge < -0.3 is 10.2 Å². The zero-order valence-electron chi connectivity index (χ0n) is 11.7. The van der Waals surface area contributed by atoms with Crippen molar-refractivity contribution < 1.29 is 4.39 Å². The molecular formula is C15H22BrFN2. The Morgan fingerprint density at radius 2 is 2.26 bits per heavy atom. The Morgan fingerprint density at radius 3 is 3.00 bits per heavy atom. The average Bonchev–Trinajstić information content (AvgIpc) is 2.83. The van der Waals surface area contributed by atoms with Gasteiger partial charge >= 0.3 is 0 Å². The molecule has 1 fully saturated rings. The second-order valence-corrected chi connectivity index (χ2v) is 6.21. The van der Waals surface area contributed by atoms with Gasteiger partial charge in [-0.05, 0) is 72.4 Å². The lowest BCUT2D eigenvalue weighted by molar-refractivity contribution is 0.516. The summed E-state index contributed by atoms with van der Waals surface area (Å²) in [5.74, 6) is 0.524. The number of benzene rings is 1. The third kappa shape index (κ3) is 3.69. The Kier molecular flexibility index (Phi) is 5.22. The van der Waals surface area contributed by atoms with E-state index >= 15 is 0 Å². The van der Waals surface area contributed by atoms with Crippen LogP contribution in [0.4, 0.5) is 10.1 Å². The summed E-state index contributed by atoms with van der Waals surface area (Å²) in [5.41, 5.74) is 2.18. The van der Waals surface area contributed by atoms with Crippen molar-refractivity contribution in [1.29, 1.82) is 0 Å². The van der Waals surface area contributed by atoms with Crippen LogP contribution in [-0.4, -0.2) is 26.2 Å². The molecule has 2 rings (SSSR count). The molecule has 1 saturated heterocycles. The highest BCUT2D eigenvalue weighted by molar-refractivity contribution is 9.10. The van der Waals surface area contributed by atoms with Crippen LogP contribution in [0.3, 0.4) is 0 Å². The fourth-order valence-corrected chi connectivity index (χ4v) is 3.01. The highest BCUT2D eigenvalue weighted by Crippen LogP contribution is 2.30. The van der Waals surface area contributed by atoms with Crippen LogP contribution in [0.1, 0.15) is 25.3 Å². The Morgan fingerprint density at radius 1 is 1.47 bits per heavy atom. The van der Waals surface area contributed by atoms with Crippen LogP contribution in [-0.2, 0) is 0 Å². The maximum atomic E-state index is 13.5. The first-order valence-corrected chi connectivity index (χ1v) is 7.82. The summed E-state index contributed by atoms with van der Waals surface area (Å²) in [6, 6.07) is 3.52. The smallest absolute Gasteiger partial charge is 0.137 e. The van der Waals surface area contributed by atoms with Gasteiger partial charge in [-0.25, -0.2) is 4.39 Å². The summed E-state index contributed by atoms with van der Waals surface area (Å²) in [7, 11) is 0. The maximum absolute atomic E-state index is 13.5. The molecule has 0 amide bonds. The minimum atomic E-state index is -0.179. The van der Waals surface area contributed by atoms with E-state index in [2.05, 4.69) is 33.1 Å². The number of rotatable bonds is 5. The van der Waals surface area contributed by atoms with Crippen LogP contribution in [0.15, 0.2) is 16.6 Å². The molecule has 1 heterocycles. The Bertz CT molecular complexity index is 436. The van der Waals surface area contributed by atoms with E-state index in [1.54, 1.807) is 6.07 Å². The Labute approximate surface area is 123 Å². The summed E-state index contributed by atoms with van der Waals surface area (Å²) in [6.45, 7) is 8.48. The number of hydrogen-bond donors (Lipinski definition) is 1. The second kappa shape index (κ2) is 6.71. The van der Waals surface area contributed by atoms with E-state index in [1.165, 1.54) is 12.8 Å². The van der Waals surface area contributed by atoms with Crippen LogP contribution >= 0.6 is 15.9 Å². The van der Waals surface area contributed by atoms with Crippen molar-refractivity contribution in [2.45, 2.75) is 26.7 Å². The van der Waals surface area contributed by atoms with Gasteiger partial charge in [0.1, 0.15) is 5.82 Å². The fraction of sp³-hybridized carbons (Fsp3) is 0.600. The monoisotopic (exact) mass is 328 g/mol. The SMILES string of the molecule is CCCNCC1CCN(c2cc(Br)c(F)cc2C)C1. The van der Waals surface area contributed by atoms with Gasteiger partial charge in [0, 0.05) is 18.8 Å². The van der Waals surface area contributed by atoms with E-state index in [0.29, 0.717) is 10.4 Å². The lowest BCUT2D eigenvalue weighted by atomic mass is 10.1. The molecule has 4 heteroatoms. The molecule has 0 radical (unpaired) electrons. The van der Waals surface area contributed by atoms with Crippen molar-refractivity contribution in [3.63, 3.8) is 0 Å². The molecule has 0 aromatic heterocycles. The predicted molar refractivity (Wildman–Crippen MR) is 82.3 cm³/mol. The van der Waals surface area contributed by atoms with E-state index in [-0.39, 0.29) is 5.82 Å². The van der Waals surface area contributed by atoms with E-state index in [9.17, 15) is 4.39 Å². The first-order chi connectivity index (χ1) is 9.11. The normalized spacial score (nSPS) is 19.2. The summed E-state index contributed by atoms with van der Waals surface area (Å²) < 4.78 is 14.0. The Hall–Kier alpha value is -0.610. The summed E-state index contributed by atoms with van der Waals surface area (Å²) >= 11 is 3.28. The van der Waals surface area contributed by atoms with Gasteiger partial charge in [-0.1, -0.05) is 6.92 Å². The molecule has 2 nitrogen and oxygen atoms in total. The molecule has 0 aliphatic carbocycles. The van der Waals surface area contributed by atoms with Crippen molar-refractivity contribution in [2.75, 3.05) is 31.1 Å². The number of aryl methyl sites for hydroxylation is 1. The second-order valence-electron chi connectivity index (χ2n) is 5.36. The minimum absolute atomic E-state index is 0.179. The summed E-state index contributed by atoms with van der Waals surface area (Å²) in [6.07, 6.45) is 2.39. The predicted octanol–water partition coefficient (Wildman–Crippen LogP) is 3.72. The maximum Gasteiger partial charge on any atom is 0.137 e. The minimum Gasteiger partial charge on any atom is -0.371 e. The molecule has 1 aliphatic rings. The molecule has 0 saturated carbocycles. The molecule has 0 spiro atoms. The van der Waals surface area contributed by atoms with Crippen molar-refractivity contribution in [1.82, 2.24) is 5.32 Å². The quantitative estimate of drug-likeness (QED) is 0.828. The first-order valence-electron chi connectivity index (χ1n) is 7.03. The number of hydrogen-bond acceptors (Lipinski definition) is 2. The number of halogens is 2. The standard InChI is InChI=1S/C15H22BrFN2/c1-3-5-18-9-12-4-6-19(10-12)15-8-13(16)14(17)7-11(15)2/h7-8,12,18H,3-6,9-10H2,1-2H3. The molecular weight excluding hydrogens is 307 g/mol. The zero-order valence-corrected chi connectivity index (χ0v) is 13.3. The van der Waals surface area contributed by atoms with Gasteiger partial charge in [0.25, 0.3) is 0 Å². The van der Waals surface area contributed by atoms with Crippen molar-refractivity contribution >= 4 is 21.6 Å². The Balaban J connectivity index is 1.99. The van der Waals surface area contributed by atoms with Gasteiger partial charge in [0.2, 0.25) is 0 Å². The van der Waals surface area contributed by atoms with Crippen LogP contribution in [0.2, 0.25) is 0 Å². The highest BCUT2D eigenvalue weighted by atomic mass is 79.9. The van der Waals surface area contributed by atoms with Gasteiger partial charge in [-0.2, -0.15) is 0 Å². The molecule has 1 N–H and O–H groups in total. The third-order valence-corrected chi connectivity index (χ3v) is 4.33. The van der Waals surface area contributed by atoms with Gasteiger partial charge in [0.05, 0.1) is 4.47 Å². The number of nitrogens with one attached hydrogen (secondary N) is 1. The molecule has 19 heavy (non-hydrogen) atoms. The molecule has 106 valence electrons. The molecule has 1 aliphatic heterocycles. The molecule has 1 atom stereocenters. The lowest BCUT2D eigenvalue weighted by Gasteiger charge is -2.21. The number of nitrogens with zero attached hydrogens (tertiary/aromatic N) is 1. The fourth-order valence-electron chi connectivity index (χ4n) is 2.68. The van der Waals surface area contributed by atoms with Gasteiger partial charge in [-0.3, -0.25) is 0 Å². The van der Waals surface area contributed by atoms with Crippen molar-refractivity contribution in [3.05, 3.63) is 28.0 Å².